The van der Waals surface area contributed by atoms with E-state index in [0.717, 1.165) is 17.1 Å². The zero-order valence-electron chi connectivity index (χ0n) is 13.2. The summed E-state index contributed by atoms with van der Waals surface area (Å²) >= 11 is 0. The van der Waals surface area contributed by atoms with Gasteiger partial charge in [0.15, 0.2) is 0 Å². The molecule has 1 fully saturated rings. The Bertz CT molecular complexity index is 228. The van der Waals surface area contributed by atoms with Crippen molar-refractivity contribution in [2.75, 3.05) is 46.5 Å². The lowest BCUT2D eigenvalue weighted by molar-refractivity contribution is -0.912. The Balaban J connectivity index is 2.59. The summed E-state index contributed by atoms with van der Waals surface area (Å²) in [7, 11) is -0.0789. The molecule has 1 aliphatic heterocycles. The molecule has 0 bridgehead atoms. The smallest absolute Gasteiger partial charge is 0.374 e. The van der Waals surface area contributed by atoms with Gasteiger partial charge in [-0.05, 0) is 40.0 Å². The van der Waals surface area contributed by atoms with Gasteiger partial charge in [-0.3, -0.25) is 0 Å². The maximum absolute atomic E-state index is 5.93. The van der Waals surface area contributed by atoms with Crippen molar-refractivity contribution in [3.8, 4) is 0 Å². The van der Waals surface area contributed by atoms with Gasteiger partial charge in [-0.15, -0.1) is 0 Å². The molecule has 1 rings (SSSR count). The number of hydrogen-bond donors (Lipinski definition) is 0. The molecule has 0 aromatic rings. The molecule has 114 valence electrons. The number of nitrogens with zero attached hydrogens (tertiary/aromatic N) is 1. The molecular formula is C14H32NO3Si+. The summed E-state index contributed by atoms with van der Waals surface area (Å²) < 4.78 is 18.9. The van der Waals surface area contributed by atoms with E-state index in [1.807, 2.05) is 20.8 Å². The van der Waals surface area contributed by atoms with E-state index in [1.54, 1.807) is 0 Å². The molecule has 1 aliphatic rings. The Labute approximate surface area is 120 Å². The van der Waals surface area contributed by atoms with E-state index in [1.165, 1.54) is 32.4 Å². The fourth-order valence-electron chi connectivity index (χ4n) is 2.91. The van der Waals surface area contributed by atoms with Crippen molar-refractivity contribution in [3.63, 3.8) is 0 Å². The first kappa shape index (κ1) is 17.1. The van der Waals surface area contributed by atoms with E-state index in [-0.39, 0.29) is 0 Å². The molecule has 0 aliphatic carbocycles. The van der Waals surface area contributed by atoms with Gasteiger partial charge in [0.1, 0.15) is 0 Å². The van der Waals surface area contributed by atoms with Crippen LogP contribution in [0.15, 0.2) is 0 Å². The van der Waals surface area contributed by atoms with Crippen LogP contribution in [0.5, 0.6) is 0 Å². The Morgan fingerprint density at radius 1 is 0.842 bits per heavy atom. The average Bonchev–Trinajstić information content (AvgIpc) is 2.39. The second-order valence-corrected chi connectivity index (χ2v) is 8.32. The molecule has 0 spiro atoms. The molecule has 0 aromatic heterocycles. The zero-order chi connectivity index (χ0) is 14.2. The van der Waals surface area contributed by atoms with Gasteiger partial charge in [0.25, 0.3) is 0 Å². The van der Waals surface area contributed by atoms with Gasteiger partial charge >= 0.3 is 8.80 Å². The molecule has 0 N–H and O–H groups in total. The van der Waals surface area contributed by atoms with Crippen LogP contribution < -0.4 is 0 Å². The Morgan fingerprint density at radius 3 is 1.74 bits per heavy atom. The normalized spacial score (nSPS) is 19.6. The maximum atomic E-state index is 5.93. The van der Waals surface area contributed by atoms with E-state index in [4.69, 9.17) is 13.3 Å². The third kappa shape index (κ3) is 5.51. The second-order valence-electron chi connectivity index (χ2n) is 5.58. The fraction of sp³-hybridized carbons (Fsp3) is 1.00. The largest absolute Gasteiger partial charge is 0.506 e. The minimum absolute atomic E-state index is 0.677. The van der Waals surface area contributed by atoms with Gasteiger partial charge in [-0.25, -0.2) is 0 Å². The summed E-state index contributed by atoms with van der Waals surface area (Å²) in [6, 6.07) is 0.943. The van der Waals surface area contributed by atoms with Gasteiger partial charge in [0.2, 0.25) is 0 Å². The van der Waals surface area contributed by atoms with Crippen molar-refractivity contribution in [2.45, 2.75) is 46.1 Å². The van der Waals surface area contributed by atoms with Crippen molar-refractivity contribution in [2.24, 2.45) is 0 Å². The highest BCUT2D eigenvalue weighted by molar-refractivity contribution is 6.60. The van der Waals surface area contributed by atoms with Crippen LogP contribution in [-0.2, 0) is 13.3 Å². The predicted octanol–water partition coefficient (Wildman–Crippen LogP) is 2.67. The highest BCUT2D eigenvalue weighted by atomic mass is 28.4. The number of hydrogen-bond acceptors (Lipinski definition) is 3. The highest BCUT2D eigenvalue weighted by Gasteiger charge is 2.43. The van der Waals surface area contributed by atoms with E-state index in [0.29, 0.717) is 19.8 Å². The molecule has 0 radical (unpaired) electrons. The zero-order valence-corrected chi connectivity index (χ0v) is 14.2. The molecule has 0 saturated carbocycles. The maximum Gasteiger partial charge on any atom is 0.506 e. The quantitative estimate of drug-likeness (QED) is 0.483. The van der Waals surface area contributed by atoms with Crippen LogP contribution in [0.1, 0.15) is 40.0 Å². The van der Waals surface area contributed by atoms with Crippen LogP contribution in [0.2, 0.25) is 6.04 Å². The molecular weight excluding hydrogens is 258 g/mol. The summed E-state index contributed by atoms with van der Waals surface area (Å²) in [6.45, 7) is 11.8. The second kappa shape index (κ2) is 8.37. The van der Waals surface area contributed by atoms with Crippen LogP contribution in [0.4, 0.5) is 0 Å². The van der Waals surface area contributed by atoms with E-state index in [9.17, 15) is 0 Å². The van der Waals surface area contributed by atoms with Gasteiger partial charge < -0.3 is 17.8 Å². The van der Waals surface area contributed by atoms with Gasteiger partial charge in [-0.2, -0.15) is 0 Å². The third-order valence-electron chi connectivity index (χ3n) is 3.95. The van der Waals surface area contributed by atoms with E-state index >= 15 is 0 Å². The molecule has 1 heterocycles. The highest BCUT2D eigenvalue weighted by Crippen LogP contribution is 2.22. The molecule has 1 saturated heterocycles. The summed E-state index contributed by atoms with van der Waals surface area (Å²) in [5.41, 5.74) is 0. The molecule has 0 aromatic carbocycles. The summed E-state index contributed by atoms with van der Waals surface area (Å²) in [5, 5.41) is 0. The first-order valence-electron chi connectivity index (χ1n) is 7.85. The lowest BCUT2D eigenvalue weighted by atomic mass is 10.1. The van der Waals surface area contributed by atoms with Crippen molar-refractivity contribution in [1.82, 2.24) is 0 Å². The molecule has 0 atom stereocenters. The van der Waals surface area contributed by atoms with Crippen molar-refractivity contribution in [1.29, 1.82) is 0 Å². The third-order valence-corrected chi connectivity index (χ3v) is 6.97. The summed E-state index contributed by atoms with van der Waals surface area (Å²) in [6.07, 6.45) is 4.09. The molecule has 4 nitrogen and oxygen atoms in total. The van der Waals surface area contributed by atoms with Crippen LogP contribution in [-0.4, -0.2) is 59.8 Å². The number of likely N-dealkylation sites (tertiary alicyclic amines) is 1. The van der Waals surface area contributed by atoms with Crippen LogP contribution >= 0.6 is 0 Å². The molecule has 5 heteroatoms. The van der Waals surface area contributed by atoms with Crippen molar-refractivity contribution >= 4 is 8.80 Å². The standard InChI is InChI=1S/C14H32NO3Si/c1-5-16-19(17-6-2,18-7-3)14-13-15(4)11-9-8-10-12-15/h5-14H2,1-4H3/q+1. The monoisotopic (exact) mass is 290 g/mol. The van der Waals surface area contributed by atoms with Gasteiger partial charge in [0, 0.05) is 19.8 Å². The summed E-state index contributed by atoms with van der Waals surface area (Å²) in [4.78, 5) is 0. The lowest BCUT2D eigenvalue weighted by Gasteiger charge is -2.39. The van der Waals surface area contributed by atoms with Crippen LogP contribution in [0.25, 0.3) is 0 Å². The molecule has 19 heavy (non-hydrogen) atoms. The average molecular weight is 290 g/mol. The predicted molar refractivity (Wildman–Crippen MR) is 80.1 cm³/mol. The number of rotatable bonds is 9. The number of quaternary nitrogens is 1. The lowest BCUT2D eigenvalue weighted by Crippen LogP contribution is -2.54. The molecule has 0 amide bonds. The van der Waals surface area contributed by atoms with E-state index < -0.39 is 8.80 Å². The Kier molecular flexibility index (Phi) is 7.53. The summed E-state index contributed by atoms with van der Waals surface area (Å²) in [5.74, 6) is 0. The topological polar surface area (TPSA) is 27.7 Å². The number of piperidine rings is 1. The van der Waals surface area contributed by atoms with Gasteiger partial charge in [-0.1, -0.05) is 0 Å². The first-order valence-corrected chi connectivity index (χ1v) is 9.78. The van der Waals surface area contributed by atoms with Gasteiger partial charge in [0.05, 0.1) is 32.7 Å². The first-order chi connectivity index (χ1) is 9.10. The minimum atomic E-state index is -2.44. The molecule has 0 unspecified atom stereocenters. The fourth-order valence-corrected chi connectivity index (χ4v) is 5.72. The van der Waals surface area contributed by atoms with E-state index in [2.05, 4.69) is 7.05 Å². The van der Waals surface area contributed by atoms with Crippen molar-refractivity contribution in [3.05, 3.63) is 0 Å². The SMILES string of the molecule is CCO[Si](CC[N+]1(C)CCCCC1)(OCC)OCC. The Morgan fingerprint density at radius 2 is 1.32 bits per heavy atom. The van der Waals surface area contributed by atoms with Crippen LogP contribution in [0.3, 0.4) is 0 Å². The van der Waals surface area contributed by atoms with Crippen LogP contribution in [0, 0.1) is 0 Å². The Hall–Kier alpha value is 0.0569. The van der Waals surface area contributed by atoms with Crippen molar-refractivity contribution < 1.29 is 17.8 Å². The minimum Gasteiger partial charge on any atom is -0.374 e.